The fourth-order valence-electron chi connectivity index (χ4n) is 11.8. The van der Waals surface area contributed by atoms with Crippen LogP contribution in [0.5, 0.6) is 0 Å². The van der Waals surface area contributed by atoms with E-state index in [1.54, 1.807) is 0 Å². The van der Waals surface area contributed by atoms with Gasteiger partial charge in [0.05, 0.1) is 61.3 Å². The maximum atomic E-state index is 14.5. The number of anilines is 5. The van der Waals surface area contributed by atoms with Crippen molar-refractivity contribution >= 4 is 74.5 Å². The van der Waals surface area contributed by atoms with Crippen LogP contribution >= 0.6 is 23.2 Å². The Morgan fingerprint density at radius 3 is 1.26 bits per heavy atom. The third-order valence-corrected chi connectivity index (χ3v) is 16.3. The number of tetrazole rings is 4. The van der Waals surface area contributed by atoms with Crippen molar-refractivity contribution in [1.29, 1.82) is 0 Å². The summed E-state index contributed by atoms with van der Waals surface area (Å²) in [6, 6.07) is 16.7. The first-order valence-electron chi connectivity index (χ1n) is 32.8. The van der Waals surface area contributed by atoms with Crippen LogP contribution in [0.2, 0.25) is 5.28 Å². The number of nitrogens with one attached hydrogen (secondary N) is 6. The number of H-pyrrole nitrogens is 1. The van der Waals surface area contributed by atoms with Gasteiger partial charge in [0.1, 0.15) is 11.6 Å². The summed E-state index contributed by atoms with van der Waals surface area (Å²) < 4.78 is 101. The number of halogens is 9. The minimum atomic E-state index is -0.994. The van der Waals surface area contributed by atoms with Gasteiger partial charge in [0.2, 0.25) is 28.7 Å². The number of nitrogens with zero attached hydrogens (tertiary/aromatic N) is 22. The second kappa shape index (κ2) is 35.2. The number of carbonyl (C=O) groups is 1. The first-order chi connectivity index (χ1) is 52.8. The predicted octanol–water partition coefficient (Wildman–Crippen LogP) is 7.31. The number of nitro benzene ring substituents is 3. The molecular formula is C64H68Cl2F7N29O11. The number of nitrogens with two attached hydrogens (primary N) is 1. The molecule has 40 nitrogen and oxygen atoms in total. The molecule has 8 N–H and O–H groups in total. The van der Waals surface area contributed by atoms with E-state index in [9.17, 15) is 85.0 Å². The van der Waals surface area contributed by atoms with Crippen molar-refractivity contribution in [1.82, 2.24) is 110 Å². The predicted molar refractivity (Wildman–Crippen MR) is 391 cm³/mol. The summed E-state index contributed by atoms with van der Waals surface area (Å²) in [6.45, 7) is 17.0. The highest BCUT2D eigenvalue weighted by atomic mass is 35.5. The summed E-state index contributed by atoms with van der Waals surface area (Å²) in [5, 5.41) is 76.7. The minimum absolute atomic E-state index is 0.00624. The van der Waals surface area contributed by atoms with Gasteiger partial charge < -0.3 is 32.3 Å². The molecule has 0 spiro atoms. The number of aromatic amines is 1. The number of rotatable bonds is 14. The Hall–Kier alpha value is -13.2. The average molecular weight is 1620 g/mol. The fraction of sp³-hybridized carbons (Fsp3) is 0.328. The Labute approximate surface area is 640 Å². The average Bonchev–Trinajstić information content (AvgIpc) is 1.74. The molecule has 2 saturated heterocycles. The minimum Gasteiger partial charge on any atom is -0.396 e. The number of aryl methyl sites for hydroxylation is 3. The molecule has 113 heavy (non-hydrogen) atoms. The number of nitrogen functional groups attached to an aromatic ring is 1. The molecule has 0 aliphatic carbocycles. The lowest BCUT2D eigenvalue weighted by Gasteiger charge is -2.46. The molecule has 0 radical (unpaired) electrons. The van der Waals surface area contributed by atoms with Crippen LogP contribution in [0.3, 0.4) is 0 Å². The molecule has 2 fully saturated rings. The lowest BCUT2D eigenvalue weighted by Crippen LogP contribution is -2.60. The standard InChI is InChI=1S/C21H27F2N9O.C13H20ClFN4.C8H6FN5O3.C8H8FN5O.C7H3ClFNO3.C7H4FN5O3/c1-20(2)9-12(10-21(3,4)28-20)25-17-15(23)11-24-18(27-17)26-16-8-13(6-7-14(16)22)32-19(33)31(5)29-30-32;1-12(2)5-8(6-13(3,4)19-12)17-10-9(15)7-16-11(14)18-10;1-12-8(15)13(11-10-12)5-2-3-6(9)7(4-5)14(16)17;1-13-8(15)14(12-11-13)5-2-3-6(9)7(10)4-5;8-7(11)4-1-2-5(9)6(3-4)10(12)13;8-5-2-1-4(3-6(5)13(15)16)12-7(14)9-10-11-12/h6-8,11-12,28H,9-10H2,1-5H3,(H2,24,25,26,27);7-8,19H,5-6H2,1-4H3,(H,16,17,18);2-4H,1H3;2-4H,10H2,1H3;1-3H;1-3H,(H,9,11,14). The third-order valence-electron chi connectivity index (χ3n) is 15.9. The van der Waals surface area contributed by atoms with E-state index in [1.165, 1.54) is 69.7 Å². The van der Waals surface area contributed by atoms with Gasteiger partial charge in [-0.1, -0.05) is 0 Å². The van der Waals surface area contributed by atoms with E-state index in [2.05, 4.69) is 144 Å². The van der Waals surface area contributed by atoms with Crippen LogP contribution in [0.15, 0.2) is 123 Å². The van der Waals surface area contributed by atoms with Crippen molar-refractivity contribution in [3.8, 4) is 22.7 Å². The van der Waals surface area contributed by atoms with Crippen LogP contribution in [-0.4, -0.2) is 154 Å². The van der Waals surface area contributed by atoms with Crippen molar-refractivity contribution in [2.75, 3.05) is 21.7 Å². The zero-order chi connectivity index (χ0) is 83.5. The quantitative estimate of drug-likeness (QED) is 0.0140. The zero-order valence-corrected chi connectivity index (χ0v) is 62.6. The first-order valence-corrected chi connectivity index (χ1v) is 33.5. The van der Waals surface area contributed by atoms with E-state index in [1.807, 2.05) is 5.10 Å². The van der Waals surface area contributed by atoms with E-state index in [0.29, 0.717) is 11.4 Å². The van der Waals surface area contributed by atoms with Crippen LogP contribution in [0.25, 0.3) is 22.7 Å². The molecule has 2 aliphatic rings. The number of benzene rings is 5. The number of nitro groups is 3. The highest BCUT2D eigenvalue weighted by Gasteiger charge is 2.40. The van der Waals surface area contributed by atoms with Crippen molar-refractivity contribution in [3.05, 3.63) is 227 Å². The van der Waals surface area contributed by atoms with Crippen molar-refractivity contribution in [2.24, 2.45) is 21.1 Å². The van der Waals surface area contributed by atoms with Gasteiger partial charge in [0, 0.05) is 79.1 Å². The molecule has 0 amide bonds. The van der Waals surface area contributed by atoms with Crippen LogP contribution < -0.4 is 55.1 Å². The van der Waals surface area contributed by atoms with Gasteiger partial charge in [-0.3, -0.25) is 35.1 Å². The molecule has 598 valence electrons. The summed E-state index contributed by atoms with van der Waals surface area (Å²) in [7, 11) is 4.31. The van der Waals surface area contributed by atoms with Crippen LogP contribution in [0.4, 0.5) is 76.8 Å². The molecule has 11 aromatic rings. The monoisotopic (exact) mass is 1620 g/mol. The molecule has 5 aromatic carbocycles. The Kier molecular flexibility index (Phi) is 26.6. The molecule has 0 bridgehead atoms. The van der Waals surface area contributed by atoms with Gasteiger partial charge in [-0.05, 0) is 219 Å². The Morgan fingerprint density at radius 2 is 0.867 bits per heavy atom. The van der Waals surface area contributed by atoms with E-state index in [0.717, 1.165) is 113 Å². The Balaban J connectivity index is 0.000000176. The zero-order valence-electron chi connectivity index (χ0n) is 61.1. The third kappa shape index (κ3) is 22.5. The largest absolute Gasteiger partial charge is 0.396 e. The summed E-state index contributed by atoms with van der Waals surface area (Å²) >= 11 is 10.8. The molecular weight excluding hydrogens is 1550 g/mol. The van der Waals surface area contributed by atoms with E-state index < -0.39 is 101 Å². The van der Waals surface area contributed by atoms with Gasteiger partial charge >= 0.3 is 39.8 Å². The Morgan fingerprint density at radius 1 is 0.496 bits per heavy atom. The van der Waals surface area contributed by atoms with Crippen molar-refractivity contribution in [3.63, 3.8) is 0 Å². The number of aromatic nitrogens is 20. The molecule has 0 saturated carbocycles. The lowest BCUT2D eigenvalue weighted by atomic mass is 9.79. The molecule has 2 aliphatic heterocycles. The molecule has 6 aromatic heterocycles. The molecule has 0 unspecified atom stereocenters. The van der Waals surface area contributed by atoms with Crippen molar-refractivity contribution in [2.45, 2.75) is 115 Å². The van der Waals surface area contributed by atoms with Crippen LogP contribution in [0.1, 0.15) is 91.4 Å². The van der Waals surface area contributed by atoms with Gasteiger partial charge in [-0.2, -0.15) is 55.9 Å². The highest BCUT2D eigenvalue weighted by Crippen LogP contribution is 2.34. The number of hydrogen-bond acceptors (Lipinski definition) is 29. The second-order valence-electron chi connectivity index (χ2n) is 27.3. The maximum Gasteiger partial charge on any atom is 0.368 e. The van der Waals surface area contributed by atoms with Crippen LogP contribution in [-0.2, 0) is 21.1 Å². The Bertz CT molecular complexity index is 5580. The smallest absolute Gasteiger partial charge is 0.368 e. The summed E-state index contributed by atoms with van der Waals surface area (Å²) in [6.07, 6.45) is 5.44. The number of piperidine rings is 2. The van der Waals surface area contributed by atoms with Gasteiger partial charge in [-0.25, -0.2) is 51.8 Å². The van der Waals surface area contributed by atoms with E-state index >= 15 is 0 Å². The second-order valence-corrected chi connectivity index (χ2v) is 28.0. The van der Waals surface area contributed by atoms with Gasteiger partial charge in [-0.15, -0.1) is 0 Å². The first kappa shape index (κ1) is 85.4. The summed E-state index contributed by atoms with van der Waals surface area (Å²) in [5.41, 5.74) is 1.43. The highest BCUT2D eigenvalue weighted by molar-refractivity contribution is 6.67. The normalized spacial score (nSPS) is 14.4. The molecule has 13 rings (SSSR count). The SMILES string of the molecule is CC1(C)CC(Nc2nc(Cl)ncc2F)CC(C)(C)N1.Cn1nnn(-c2ccc(F)c(N)c2)c1=O.Cn1nnn(-c2ccc(F)c(Nc3ncc(F)c(NC4CC(C)(C)NC(C)(C)C4)n3)c2)c1=O.Cn1nnn(-c2ccc(F)c([N+](=O)[O-])c2)c1=O.O=C(Cl)c1ccc(F)c([N+](=O)[O-])c1.O=c1[nH]nnn1-c1ccc(F)c([N+](=O)[O-])c1. The maximum absolute atomic E-state index is 14.5. The van der Waals surface area contributed by atoms with Gasteiger partial charge in [0.25, 0.3) is 5.24 Å². The number of hydrogen-bond donors (Lipinski definition) is 7. The molecule has 49 heteroatoms. The lowest BCUT2D eigenvalue weighted by molar-refractivity contribution is -0.387. The van der Waals surface area contributed by atoms with Crippen LogP contribution in [0, 0.1) is 71.1 Å². The van der Waals surface area contributed by atoms with Gasteiger partial charge in [0.15, 0.2) is 23.3 Å². The summed E-state index contributed by atoms with van der Waals surface area (Å²) in [5.74, 6) is -4.93. The van der Waals surface area contributed by atoms with E-state index in [-0.39, 0.29) is 85.4 Å². The molecule has 0 atom stereocenters. The molecule has 8 heterocycles. The topological polar surface area (TPSA) is 506 Å². The number of carbonyl (C=O) groups excluding carboxylic acids is 1. The van der Waals surface area contributed by atoms with E-state index in [4.69, 9.17) is 28.9 Å². The summed E-state index contributed by atoms with van der Waals surface area (Å²) in [4.78, 5) is 101. The fourth-order valence-corrected chi connectivity index (χ4v) is 12.1. The van der Waals surface area contributed by atoms with Crippen molar-refractivity contribution < 1.29 is 50.3 Å².